The molecule has 0 aliphatic carbocycles. The first-order chi connectivity index (χ1) is 11.7. The van der Waals surface area contributed by atoms with Gasteiger partial charge in [-0.15, -0.1) is 0 Å². The van der Waals surface area contributed by atoms with Crippen molar-refractivity contribution in [2.45, 2.75) is 19.6 Å². The van der Waals surface area contributed by atoms with E-state index in [4.69, 9.17) is 0 Å². The van der Waals surface area contributed by atoms with Crippen LogP contribution in [0.25, 0.3) is 5.65 Å². The molecular formula is C15H23N5O4S. The van der Waals surface area contributed by atoms with Crippen molar-refractivity contribution in [1.82, 2.24) is 23.8 Å². The van der Waals surface area contributed by atoms with E-state index in [1.807, 2.05) is 11.8 Å². The summed E-state index contributed by atoms with van der Waals surface area (Å²) in [6.45, 7) is 3.05. The zero-order valence-corrected chi connectivity index (χ0v) is 15.3. The number of rotatable bonds is 5. The topological polar surface area (TPSA) is 111 Å². The highest BCUT2D eigenvalue weighted by molar-refractivity contribution is 7.89. The predicted molar refractivity (Wildman–Crippen MR) is 92.8 cm³/mol. The number of nitrogens with zero attached hydrogens (tertiary/aromatic N) is 4. The van der Waals surface area contributed by atoms with E-state index >= 15 is 0 Å². The second-order valence-electron chi connectivity index (χ2n) is 6.80. The third-order valence-corrected chi connectivity index (χ3v) is 6.44. The second-order valence-corrected chi connectivity index (χ2v) is 9.03. The lowest BCUT2D eigenvalue weighted by Crippen LogP contribution is -2.33. The Morgan fingerprint density at radius 3 is 2.76 bits per heavy atom. The van der Waals surface area contributed by atoms with Gasteiger partial charge in [-0.3, -0.25) is 14.8 Å². The molecule has 1 aliphatic heterocycles. The number of sulfonamides is 1. The minimum absolute atomic E-state index is 0.0935. The highest BCUT2D eigenvalue weighted by atomic mass is 32.2. The Balaban J connectivity index is 1.73. The van der Waals surface area contributed by atoms with Crippen molar-refractivity contribution in [3.63, 3.8) is 0 Å². The fourth-order valence-corrected chi connectivity index (χ4v) is 4.29. The van der Waals surface area contributed by atoms with Gasteiger partial charge >= 0.3 is 0 Å². The van der Waals surface area contributed by atoms with Gasteiger partial charge in [0.05, 0.1) is 17.6 Å². The van der Waals surface area contributed by atoms with Crippen molar-refractivity contribution < 1.29 is 13.5 Å². The van der Waals surface area contributed by atoms with Gasteiger partial charge in [0.25, 0.3) is 5.56 Å². The predicted octanol–water partition coefficient (Wildman–Crippen LogP) is -0.985. The zero-order chi connectivity index (χ0) is 18.4. The molecule has 3 heterocycles. The maximum absolute atomic E-state index is 12.1. The fourth-order valence-electron chi connectivity index (χ4n) is 3.12. The molecule has 9 nitrogen and oxygen atoms in total. The van der Waals surface area contributed by atoms with Gasteiger partial charge in [-0.1, -0.05) is 0 Å². The van der Waals surface area contributed by atoms with Crippen LogP contribution in [0.15, 0.2) is 16.9 Å². The lowest BCUT2D eigenvalue weighted by atomic mass is 10.1. The van der Waals surface area contributed by atoms with E-state index in [0.717, 1.165) is 5.69 Å². The smallest absolute Gasteiger partial charge is 0.272 e. The van der Waals surface area contributed by atoms with Crippen LogP contribution in [0.3, 0.4) is 0 Å². The van der Waals surface area contributed by atoms with E-state index in [9.17, 15) is 18.3 Å². The van der Waals surface area contributed by atoms with Crippen molar-refractivity contribution in [3.8, 4) is 0 Å². The number of aromatic amines is 1. The Hall–Kier alpha value is -1.75. The molecule has 1 fully saturated rings. The summed E-state index contributed by atoms with van der Waals surface area (Å²) in [7, 11) is -0.398. The molecule has 0 radical (unpaired) electrons. The summed E-state index contributed by atoms with van der Waals surface area (Å²) in [4.78, 5) is 18.5. The van der Waals surface area contributed by atoms with Crippen LogP contribution in [0.1, 0.15) is 11.4 Å². The van der Waals surface area contributed by atoms with Gasteiger partial charge in [0.2, 0.25) is 10.0 Å². The fraction of sp³-hybridized carbons (Fsp3) is 0.600. The van der Waals surface area contributed by atoms with Crippen molar-refractivity contribution in [2.75, 3.05) is 32.9 Å². The Morgan fingerprint density at radius 1 is 1.36 bits per heavy atom. The number of aliphatic hydroxyl groups is 1. The van der Waals surface area contributed by atoms with E-state index in [-0.39, 0.29) is 17.2 Å². The summed E-state index contributed by atoms with van der Waals surface area (Å²) >= 11 is 0. The molecule has 3 rings (SSSR count). The highest BCUT2D eigenvalue weighted by Gasteiger charge is 2.35. The maximum atomic E-state index is 12.1. The molecule has 2 N–H and O–H groups in total. The van der Waals surface area contributed by atoms with Crippen molar-refractivity contribution in [2.24, 2.45) is 5.92 Å². The van der Waals surface area contributed by atoms with E-state index in [2.05, 4.69) is 10.1 Å². The average Bonchev–Trinajstić information content (AvgIpc) is 3.01. The van der Waals surface area contributed by atoms with Gasteiger partial charge in [-0.05, 0) is 6.92 Å². The Labute approximate surface area is 145 Å². The number of aryl methyl sites for hydroxylation is 1. The SMILES string of the molecule is Cc1cc2nc(CN3C[C@@H](CS(=O)(=O)N(C)C)[C@H](O)C3)cc(=O)n2[nH]1. The van der Waals surface area contributed by atoms with Gasteiger partial charge in [-0.25, -0.2) is 22.2 Å². The van der Waals surface area contributed by atoms with Crippen LogP contribution >= 0.6 is 0 Å². The van der Waals surface area contributed by atoms with Crippen LogP contribution in [0, 0.1) is 12.8 Å². The summed E-state index contributed by atoms with van der Waals surface area (Å²) in [6.07, 6.45) is -0.714. The average molecular weight is 369 g/mol. The molecule has 0 saturated carbocycles. The summed E-state index contributed by atoms with van der Waals surface area (Å²) in [5, 5.41) is 13.1. The second kappa shape index (κ2) is 6.52. The number of nitrogens with one attached hydrogen (secondary N) is 1. The van der Waals surface area contributed by atoms with Crippen LogP contribution in [0.5, 0.6) is 0 Å². The minimum Gasteiger partial charge on any atom is -0.391 e. The summed E-state index contributed by atoms with van der Waals surface area (Å²) < 4.78 is 26.6. The number of aliphatic hydroxyl groups excluding tert-OH is 1. The molecule has 1 saturated heterocycles. The van der Waals surface area contributed by atoms with Crippen LogP contribution < -0.4 is 5.56 Å². The molecule has 1 aliphatic rings. The van der Waals surface area contributed by atoms with Crippen LogP contribution in [-0.2, 0) is 16.6 Å². The highest BCUT2D eigenvalue weighted by Crippen LogP contribution is 2.21. The van der Waals surface area contributed by atoms with E-state index in [0.29, 0.717) is 31.0 Å². The number of hydrogen-bond donors (Lipinski definition) is 2. The molecule has 2 aromatic rings. The van der Waals surface area contributed by atoms with Gasteiger partial charge in [0, 0.05) is 57.5 Å². The summed E-state index contributed by atoms with van der Waals surface area (Å²) in [5.74, 6) is -0.448. The molecule has 0 spiro atoms. The molecule has 25 heavy (non-hydrogen) atoms. The number of likely N-dealkylation sites (tertiary alicyclic amines) is 1. The van der Waals surface area contributed by atoms with E-state index < -0.39 is 16.1 Å². The third-order valence-electron chi connectivity index (χ3n) is 4.48. The van der Waals surface area contributed by atoms with Crippen molar-refractivity contribution in [1.29, 1.82) is 0 Å². The van der Waals surface area contributed by atoms with Gasteiger partial charge in [0.15, 0.2) is 5.65 Å². The summed E-state index contributed by atoms with van der Waals surface area (Å²) in [6, 6.07) is 3.25. The number of β-amino-alcohol motifs (C(OH)–C–C–N with tert-alkyl or cyclic N) is 1. The molecule has 0 aromatic carbocycles. The maximum Gasteiger partial charge on any atom is 0.272 e. The number of aromatic nitrogens is 3. The largest absolute Gasteiger partial charge is 0.391 e. The first-order valence-electron chi connectivity index (χ1n) is 8.04. The Morgan fingerprint density at radius 2 is 2.08 bits per heavy atom. The van der Waals surface area contributed by atoms with E-state index in [1.54, 1.807) is 6.07 Å². The lowest BCUT2D eigenvalue weighted by Gasteiger charge is -2.17. The lowest BCUT2D eigenvalue weighted by molar-refractivity contribution is 0.148. The quantitative estimate of drug-likeness (QED) is 0.700. The van der Waals surface area contributed by atoms with Gasteiger partial charge in [0.1, 0.15) is 0 Å². The standard InChI is InChI=1S/C15H23N5O4S/c1-10-4-14-16-12(5-15(22)20(14)17-10)7-19-6-11(13(21)8-19)9-25(23,24)18(2)3/h4-5,11,13,17,21H,6-9H2,1-3H3/t11-,13+/m0/s1. The van der Waals surface area contributed by atoms with Crippen molar-refractivity contribution >= 4 is 15.7 Å². The number of H-pyrrole nitrogens is 1. The third kappa shape index (κ3) is 3.76. The van der Waals surface area contributed by atoms with Crippen molar-refractivity contribution in [3.05, 3.63) is 33.9 Å². The molecule has 10 heteroatoms. The number of hydrogen-bond acceptors (Lipinski definition) is 6. The molecule has 138 valence electrons. The zero-order valence-electron chi connectivity index (χ0n) is 14.5. The van der Waals surface area contributed by atoms with Crippen LogP contribution in [0.2, 0.25) is 0 Å². The first-order valence-corrected chi connectivity index (χ1v) is 9.65. The molecule has 0 amide bonds. The van der Waals surface area contributed by atoms with Gasteiger partial charge < -0.3 is 5.11 Å². The van der Waals surface area contributed by atoms with Crippen LogP contribution in [0.4, 0.5) is 0 Å². The minimum atomic E-state index is -3.37. The number of fused-ring (bicyclic) bond motifs is 1. The normalized spacial score (nSPS) is 22.3. The monoisotopic (exact) mass is 369 g/mol. The molecule has 0 bridgehead atoms. The molecule has 2 atom stereocenters. The van der Waals surface area contributed by atoms with Gasteiger partial charge in [-0.2, -0.15) is 0 Å². The molecule has 0 unspecified atom stereocenters. The molecule has 2 aromatic heterocycles. The summed E-state index contributed by atoms with van der Waals surface area (Å²) in [5.41, 5.74) is 1.80. The Kier molecular flexibility index (Phi) is 4.71. The van der Waals surface area contributed by atoms with E-state index in [1.165, 1.54) is 29.0 Å². The Bertz CT molecular complexity index is 933. The van der Waals surface area contributed by atoms with Crippen LogP contribution in [-0.4, -0.2) is 76.4 Å². The molecular weight excluding hydrogens is 346 g/mol. The first kappa shape index (κ1) is 18.1.